The van der Waals surface area contributed by atoms with Crippen LogP contribution in [0.3, 0.4) is 0 Å². The van der Waals surface area contributed by atoms with Crippen molar-refractivity contribution in [2.45, 2.75) is 6.42 Å². The molecule has 0 amide bonds. The first-order valence-electron chi connectivity index (χ1n) is 9.06. The van der Waals surface area contributed by atoms with E-state index in [1.165, 1.54) is 17.4 Å². The van der Waals surface area contributed by atoms with Crippen molar-refractivity contribution in [2.75, 3.05) is 13.7 Å². The summed E-state index contributed by atoms with van der Waals surface area (Å²) in [6.45, 7) is 0.366. The van der Waals surface area contributed by atoms with Gasteiger partial charge >= 0.3 is 5.97 Å². The Morgan fingerprint density at radius 1 is 1.03 bits per heavy atom. The maximum absolute atomic E-state index is 13.1. The molecule has 4 aromatic rings. The van der Waals surface area contributed by atoms with E-state index >= 15 is 0 Å². The summed E-state index contributed by atoms with van der Waals surface area (Å²) in [5.74, 6) is 0.130. The van der Waals surface area contributed by atoms with Gasteiger partial charge in [0.15, 0.2) is 5.43 Å². The number of carboxylic acids is 1. The van der Waals surface area contributed by atoms with Gasteiger partial charge < -0.3 is 14.6 Å². The van der Waals surface area contributed by atoms with Crippen molar-refractivity contribution in [1.82, 2.24) is 0 Å². The van der Waals surface area contributed by atoms with E-state index in [9.17, 15) is 14.7 Å². The number of ether oxygens (including phenoxy) is 2. The third-order valence-corrected chi connectivity index (χ3v) is 5.93. The molecule has 0 unspecified atom stereocenters. The number of benzene rings is 3. The minimum atomic E-state index is -1.06. The Morgan fingerprint density at radius 3 is 2.52 bits per heavy atom. The number of aromatic carboxylic acids is 1. The first kappa shape index (κ1) is 19.0. The zero-order valence-electron chi connectivity index (χ0n) is 15.7. The zero-order chi connectivity index (χ0) is 20.4. The van der Waals surface area contributed by atoms with Crippen LogP contribution in [0.4, 0.5) is 0 Å². The van der Waals surface area contributed by atoms with Gasteiger partial charge in [0.25, 0.3) is 0 Å². The van der Waals surface area contributed by atoms with Gasteiger partial charge in [-0.25, -0.2) is 4.79 Å². The molecule has 0 spiro atoms. The van der Waals surface area contributed by atoms with Crippen molar-refractivity contribution in [1.29, 1.82) is 0 Å². The fourth-order valence-electron chi connectivity index (χ4n) is 3.23. The van der Waals surface area contributed by atoms with E-state index in [0.717, 1.165) is 16.0 Å². The number of methoxy groups -OCH3 is 1. The molecule has 0 saturated carbocycles. The summed E-state index contributed by atoms with van der Waals surface area (Å²) >= 11 is 1.29. The smallest absolute Gasteiger partial charge is 0.337 e. The molecule has 0 aliphatic carbocycles. The second-order valence-electron chi connectivity index (χ2n) is 6.49. The maximum atomic E-state index is 13.1. The molecule has 4 rings (SSSR count). The lowest BCUT2D eigenvalue weighted by molar-refractivity contribution is 0.0699. The summed E-state index contributed by atoms with van der Waals surface area (Å²) in [6.07, 6.45) is 0.650. The van der Waals surface area contributed by atoms with Gasteiger partial charge in [0.2, 0.25) is 0 Å². The molecule has 3 aromatic carbocycles. The first-order valence-corrected chi connectivity index (χ1v) is 9.87. The summed E-state index contributed by atoms with van der Waals surface area (Å²) in [7, 11) is 1.62. The molecule has 0 aliphatic heterocycles. The average Bonchev–Trinajstić information content (AvgIpc) is 2.74. The summed E-state index contributed by atoms with van der Waals surface area (Å²) in [5, 5.41) is 10.4. The van der Waals surface area contributed by atoms with Gasteiger partial charge in [0, 0.05) is 16.5 Å². The minimum absolute atomic E-state index is 0.107. The number of fused-ring (bicyclic) bond motifs is 2. The molecule has 0 bridgehead atoms. The van der Waals surface area contributed by atoms with Gasteiger partial charge in [0.05, 0.1) is 29.4 Å². The van der Waals surface area contributed by atoms with Crippen LogP contribution in [0.5, 0.6) is 11.5 Å². The lowest BCUT2D eigenvalue weighted by atomic mass is 10.1. The summed E-state index contributed by atoms with van der Waals surface area (Å²) in [5.41, 5.74) is 0.972. The van der Waals surface area contributed by atoms with Crippen LogP contribution in [0.2, 0.25) is 0 Å². The SMILES string of the molecule is COc1ccc(CCOc2ccc(C(=O)O)c3sc4ccccc4c(=O)c23)cc1. The Labute approximate surface area is 170 Å². The standard InChI is InChI=1S/C23H18O5S/c1-27-15-8-6-14(7-9-15)12-13-28-18-11-10-17(23(25)26)22-20(18)21(24)16-4-2-3-5-19(16)29-22/h2-11H,12-13H2,1H3,(H,25,26). The zero-order valence-corrected chi connectivity index (χ0v) is 16.5. The molecule has 5 nitrogen and oxygen atoms in total. The number of rotatable bonds is 6. The van der Waals surface area contributed by atoms with E-state index < -0.39 is 5.97 Å². The highest BCUT2D eigenvalue weighted by Crippen LogP contribution is 2.33. The van der Waals surface area contributed by atoms with Crippen molar-refractivity contribution in [2.24, 2.45) is 0 Å². The largest absolute Gasteiger partial charge is 0.497 e. The fourth-order valence-corrected chi connectivity index (χ4v) is 4.43. The Kier molecular flexibility index (Phi) is 5.18. The quantitative estimate of drug-likeness (QED) is 0.468. The topological polar surface area (TPSA) is 72.8 Å². The molecule has 0 radical (unpaired) electrons. The van der Waals surface area contributed by atoms with Gasteiger partial charge in [-0.05, 0) is 42.0 Å². The summed E-state index contributed by atoms with van der Waals surface area (Å²) in [6, 6.07) is 18.0. The molecule has 0 atom stereocenters. The third kappa shape index (κ3) is 3.67. The van der Waals surface area contributed by atoms with E-state index in [-0.39, 0.29) is 11.0 Å². The van der Waals surface area contributed by atoms with Crippen molar-refractivity contribution in [3.63, 3.8) is 0 Å². The Hall–Kier alpha value is -3.38. The molecule has 1 heterocycles. The molecule has 29 heavy (non-hydrogen) atoms. The second kappa shape index (κ2) is 7.93. The highest BCUT2D eigenvalue weighted by atomic mass is 32.1. The van der Waals surface area contributed by atoms with Gasteiger partial charge in [-0.3, -0.25) is 4.79 Å². The van der Waals surface area contributed by atoms with Gasteiger partial charge in [-0.1, -0.05) is 24.3 Å². The highest BCUT2D eigenvalue weighted by Gasteiger charge is 2.17. The van der Waals surface area contributed by atoms with Gasteiger partial charge in [-0.15, -0.1) is 11.3 Å². The molecule has 1 N–H and O–H groups in total. The van der Waals surface area contributed by atoms with Crippen LogP contribution < -0.4 is 14.9 Å². The predicted octanol–water partition coefficient (Wildman–Crippen LogP) is 4.74. The lowest BCUT2D eigenvalue weighted by Crippen LogP contribution is -2.09. The second-order valence-corrected chi connectivity index (χ2v) is 7.55. The van der Waals surface area contributed by atoms with Gasteiger partial charge in [0.1, 0.15) is 11.5 Å². The van der Waals surface area contributed by atoms with Crippen molar-refractivity contribution in [3.05, 3.63) is 82.0 Å². The Bertz CT molecular complexity index is 1260. The number of carbonyl (C=O) groups is 1. The van der Waals surface area contributed by atoms with Crippen molar-refractivity contribution < 1.29 is 19.4 Å². The van der Waals surface area contributed by atoms with E-state index in [1.54, 1.807) is 25.3 Å². The Balaban J connectivity index is 1.72. The molecular weight excluding hydrogens is 388 g/mol. The highest BCUT2D eigenvalue weighted by molar-refractivity contribution is 7.25. The monoisotopic (exact) mass is 406 g/mol. The van der Waals surface area contributed by atoms with Crippen LogP contribution in [0.25, 0.3) is 20.2 Å². The van der Waals surface area contributed by atoms with E-state index in [4.69, 9.17) is 9.47 Å². The van der Waals surface area contributed by atoms with Crippen LogP contribution in [-0.4, -0.2) is 24.8 Å². The normalized spacial score (nSPS) is 10.9. The van der Waals surface area contributed by atoms with Crippen molar-refractivity contribution >= 4 is 37.5 Å². The molecular formula is C23H18O5S. The number of carboxylic acid groups (broad SMARTS) is 1. The van der Waals surface area contributed by atoms with E-state index in [1.807, 2.05) is 36.4 Å². The van der Waals surface area contributed by atoms with E-state index in [0.29, 0.717) is 34.2 Å². The molecule has 0 fully saturated rings. The average molecular weight is 406 g/mol. The van der Waals surface area contributed by atoms with Crippen LogP contribution >= 0.6 is 11.3 Å². The predicted molar refractivity (Wildman–Crippen MR) is 115 cm³/mol. The first-order chi connectivity index (χ1) is 14.1. The summed E-state index contributed by atoms with van der Waals surface area (Å²) < 4.78 is 12.3. The van der Waals surface area contributed by atoms with Gasteiger partial charge in [-0.2, -0.15) is 0 Å². The van der Waals surface area contributed by atoms with Crippen LogP contribution in [-0.2, 0) is 6.42 Å². The number of hydrogen-bond donors (Lipinski definition) is 1. The fraction of sp³-hybridized carbons (Fsp3) is 0.130. The lowest BCUT2D eigenvalue weighted by Gasteiger charge is -2.11. The van der Waals surface area contributed by atoms with Crippen LogP contribution in [0, 0.1) is 0 Å². The third-order valence-electron chi connectivity index (χ3n) is 4.73. The van der Waals surface area contributed by atoms with Crippen LogP contribution in [0.1, 0.15) is 15.9 Å². The molecule has 0 saturated heterocycles. The van der Waals surface area contributed by atoms with Crippen LogP contribution in [0.15, 0.2) is 65.5 Å². The number of hydrogen-bond acceptors (Lipinski definition) is 5. The summed E-state index contributed by atoms with van der Waals surface area (Å²) in [4.78, 5) is 24.8. The Morgan fingerprint density at radius 2 is 1.79 bits per heavy atom. The molecule has 0 aliphatic rings. The molecule has 1 aromatic heterocycles. The minimum Gasteiger partial charge on any atom is -0.497 e. The van der Waals surface area contributed by atoms with Crippen molar-refractivity contribution in [3.8, 4) is 11.5 Å². The van der Waals surface area contributed by atoms with E-state index in [2.05, 4.69) is 0 Å². The molecule has 146 valence electrons. The molecule has 6 heteroatoms. The maximum Gasteiger partial charge on any atom is 0.337 e.